The van der Waals surface area contributed by atoms with Gasteiger partial charge in [0.25, 0.3) is 0 Å². The van der Waals surface area contributed by atoms with Gasteiger partial charge in [-0.25, -0.2) is 0 Å². The van der Waals surface area contributed by atoms with Crippen molar-refractivity contribution in [1.82, 2.24) is 0 Å². The average Bonchev–Trinajstić information content (AvgIpc) is 2.69. The Hall–Kier alpha value is -0.640. The third-order valence-electron chi connectivity index (χ3n) is 2.40. The summed E-state index contributed by atoms with van der Waals surface area (Å²) in [6, 6.07) is 7.61. The van der Waals surface area contributed by atoms with E-state index in [1.54, 1.807) is 0 Å². The molecule has 0 unspecified atom stereocenters. The first-order chi connectivity index (χ1) is 8.06. The average molecular weight is 330 g/mol. The van der Waals surface area contributed by atoms with Crippen LogP contribution >= 0.6 is 38.9 Å². The lowest BCUT2D eigenvalue weighted by atomic mass is 10.1. The zero-order valence-corrected chi connectivity index (χ0v) is 12.3. The highest BCUT2D eigenvalue weighted by atomic mass is 79.9. The largest absolute Gasteiger partial charge is 0.293 e. The number of hydrogen-bond acceptors (Lipinski definition) is 2. The van der Waals surface area contributed by atoms with Crippen molar-refractivity contribution < 1.29 is 4.79 Å². The van der Waals surface area contributed by atoms with Crippen molar-refractivity contribution in [3.8, 4) is 0 Å². The Labute approximate surface area is 118 Å². The fourth-order valence-corrected chi connectivity index (χ4v) is 3.18. The van der Waals surface area contributed by atoms with Crippen molar-refractivity contribution in [3.05, 3.63) is 55.1 Å². The van der Waals surface area contributed by atoms with Crippen LogP contribution in [0.15, 0.2) is 34.1 Å². The van der Waals surface area contributed by atoms with Gasteiger partial charge in [-0.15, -0.1) is 11.3 Å². The molecule has 0 spiro atoms. The van der Waals surface area contributed by atoms with Gasteiger partial charge in [-0.1, -0.05) is 23.7 Å². The molecule has 1 nitrogen and oxygen atoms in total. The summed E-state index contributed by atoms with van der Waals surface area (Å²) in [5, 5.41) is 2.57. The molecule has 0 radical (unpaired) electrons. The van der Waals surface area contributed by atoms with E-state index >= 15 is 0 Å². The topological polar surface area (TPSA) is 17.1 Å². The van der Waals surface area contributed by atoms with E-state index in [9.17, 15) is 4.79 Å². The molecule has 1 heterocycles. The maximum absolute atomic E-state index is 12.0. The van der Waals surface area contributed by atoms with Crippen LogP contribution in [-0.2, 0) is 6.42 Å². The van der Waals surface area contributed by atoms with Gasteiger partial charge in [0.05, 0.1) is 4.88 Å². The first kappa shape index (κ1) is 12.8. The van der Waals surface area contributed by atoms with Crippen molar-refractivity contribution in [3.63, 3.8) is 0 Å². The Kier molecular flexibility index (Phi) is 4.02. The zero-order chi connectivity index (χ0) is 12.4. The summed E-state index contributed by atoms with van der Waals surface area (Å²) in [6.45, 7) is 1.98. The van der Waals surface area contributed by atoms with Gasteiger partial charge >= 0.3 is 0 Å². The van der Waals surface area contributed by atoms with E-state index in [1.165, 1.54) is 11.3 Å². The SMILES string of the molecule is Cc1ccc(CC(=O)c2cc(Br)cs2)c(Cl)c1. The predicted molar refractivity (Wildman–Crippen MR) is 76.2 cm³/mol. The molecule has 2 rings (SSSR count). The van der Waals surface area contributed by atoms with Gasteiger partial charge in [0, 0.05) is 21.3 Å². The Morgan fingerprint density at radius 2 is 2.18 bits per heavy atom. The minimum atomic E-state index is 0.103. The maximum atomic E-state index is 12.0. The van der Waals surface area contributed by atoms with Crippen molar-refractivity contribution in [1.29, 1.82) is 0 Å². The molecule has 0 saturated heterocycles. The van der Waals surface area contributed by atoms with Crippen LogP contribution in [0.3, 0.4) is 0 Å². The lowest BCUT2D eigenvalue weighted by molar-refractivity contribution is 0.0997. The molecule has 1 aromatic heterocycles. The van der Waals surface area contributed by atoms with E-state index in [4.69, 9.17) is 11.6 Å². The molecule has 0 saturated carbocycles. The number of hydrogen-bond donors (Lipinski definition) is 0. The third kappa shape index (κ3) is 3.18. The highest BCUT2D eigenvalue weighted by molar-refractivity contribution is 9.10. The molecular weight excluding hydrogens is 320 g/mol. The monoisotopic (exact) mass is 328 g/mol. The normalized spacial score (nSPS) is 10.5. The number of rotatable bonds is 3. The smallest absolute Gasteiger partial charge is 0.177 e. The molecule has 2 aromatic rings. The Balaban J connectivity index is 2.18. The molecule has 0 amide bonds. The Bertz CT molecular complexity index is 562. The highest BCUT2D eigenvalue weighted by Gasteiger charge is 2.11. The van der Waals surface area contributed by atoms with E-state index in [0.717, 1.165) is 20.5 Å². The molecule has 4 heteroatoms. The van der Waals surface area contributed by atoms with E-state index in [-0.39, 0.29) is 5.78 Å². The van der Waals surface area contributed by atoms with E-state index in [2.05, 4.69) is 15.9 Å². The Morgan fingerprint density at radius 1 is 1.41 bits per heavy atom. The summed E-state index contributed by atoms with van der Waals surface area (Å²) in [5.41, 5.74) is 1.98. The molecule has 17 heavy (non-hydrogen) atoms. The van der Waals surface area contributed by atoms with Crippen molar-refractivity contribution in [2.45, 2.75) is 13.3 Å². The summed E-state index contributed by atoms with van der Waals surface area (Å²) in [7, 11) is 0. The summed E-state index contributed by atoms with van der Waals surface area (Å²) in [5.74, 6) is 0.103. The summed E-state index contributed by atoms with van der Waals surface area (Å²) < 4.78 is 0.945. The highest BCUT2D eigenvalue weighted by Crippen LogP contribution is 2.24. The van der Waals surface area contributed by atoms with Crippen LogP contribution in [-0.4, -0.2) is 5.78 Å². The molecule has 88 valence electrons. The van der Waals surface area contributed by atoms with Crippen molar-refractivity contribution in [2.24, 2.45) is 0 Å². The minimum Gasteiger partial charge on any atom is -0.293 e. The van der Waals surface area contributed by atoms with Gasteiger partial charge in [-0.3, -0.25) is 4.79 Å². The molecule has 0 fully saturated rings. The van der Waals surface area contributed by atoms with Crippen LogP contribution in [0.4, 0.5) is 0 Å². The van der Waals surface area contributed by atoms with Crippen LogP contribution in [0.1, 0.15) is 20.8 Å². The van der Waals surface area contributed by atoms with Gasteiger partial charge in [0.1, 0.15) is 0 Å². The van der Waals surface area contributed by atoms with Crippen molar-refractivity contribution in [2.75, 3.05) is 0 Å². The number of Topliss-reactive ketones (excluding diaryl/α,β-unsaturated/α-hetero) is 1. The lowest BCUT2D eigenvalue weighted by Crippen LogP contribution is -2.01. The second-order valence-electron chi connectivity index (χ2n) is 3.82. The standard InChI is InChI=1S/C13H10BrClOS/c1-8-2-3-9(11(15)4-8)5-12(16)13-6-10(14)7-17-13/h2-4,6-7H,5H2,1H3. The van der Waals surface area contributed by atoms with Gasteiger partial charge in [0.2, 0.25) is 0 Å². The van der Waals surface area contributed by atoms with Crippen LogP contribution < -0.4 is 0 Å². The number of benzene rings is 1. The molecule has 0 atom stereocenters. The lowest BCUT2D eigenvalue weighted by Gasteiger charge is -2.03. The Morgan fingerprint density at radius 3 is 2.76 bits per heavy atom. The molecule has 0 aliphatic carbocycles. The van der Waals surface area contributed by atoms with Crippen molar-refractivity contribution >= 4 is 44.7 Å². The first-order valence-corrected chi connectivity index (χ1v) is 7.13. The molecular formula is C13H10BrClOS. The van der Waals surface area contributed by atoms with Crippen LogP contribution in [0.2, 0.25) is 5.02 Å². The number of halogens is 2. The van der Waals surface area contributed by atoms with Crippen LogP contribution in [0.25, 0.3) is 0 Å². The van der Waals surface area contributed by atoms with Gasteiger partial charge < -0.3 is 0 Å². The number of carbonyl (C=O) groups excluding carboxylic acids is 1. The van der Waals surface area contributed by atoms with Gasteiger partial charge in [0.15, 0.2) is 5.78 Å². The van der Waals surface area contributed by atoms with Gasteiger partial charge in [-0.2, -0.15) is 0 Å². The number of ketones is 1. The molecule has 0 aliphatic rings. The number of carbonyl (C=O) groups is 1. The predicted octanol–water partition coefficient (Wildman–Crippen LogP) is 4.90. The zero-order valence-electron chi connectivity index (χ0n) is 9.17. The molecule has 0 N–H and O–H groups in total. The van der Waals surface area contributed by atoms with E-state index < -0.39 is 0 Å². The maximum Gasteiger partial charge on any atom is 0.177 e. The minimum absolute atomic E-state index is 0.103. The first-order valence-electron chi connectivity index (χ1n) is 5.08. The van der Waals surface area contributed by atoms with Crippen LogP contribution in [0.5, 0.6) is 0 Å². The fraction of sp³-hybridized carbons (Fsp3) is 0.154. The number of thiophene rings is 1. The third-order valence-corrected chi connectivity index (χ3v) is 4.49. The summed E-state index contributed by atoms with van der Waals surface area (Å²) >= 11 is 10.9. The molecule has 0 bridgehead atoms. The molecule has 0 aliphatic heterocycles. The quantitative estimate of drug-likeness (QED) is 0.732. The number of aryl methyl sites for hydroxylation is 1. The summed E-state index contributed by atoms with van der Waals surface area (Å²) in [4.78, 5) is 12.8. The van der Waals surface area contributed by atoms with E-state index in [1.807, 2.05) is 36.6 Å². The second-order valence-corrected chi connectivity index (χ2v) is 6.06. The van der Waals surface area contributed by atoms with E-state index in [0.29, 0.717) is 11.4 Å². The van der Waals surface area contributed by atoms with Crippen LogP contribution in [0, 0.1) is 6.92 Å². The fourth-order valence-electron chi connectivity index (χ4n) is 1.52. The summed E-state index contributed by atoms with van der Waals surface area (Å²) in [6.07, 6.45) is 0.353. The second kappa shape index (κ2) is 5.34. The van der Waals surface area contributed by atoms with Gasteiger partial charge in [-0.05, 0) is 46.1 Å². The molecule has 1 aromatic carbocycles.